The van der Waals surface area contributed by atoms with E-state index in [4.69, 9.17) is 9.84 Å². The fraction of sp³-hybridized carbons (Fsp3) is 0.533. The highest BCUT2D eigenvalue weighted by atomic mass is 19.1. The number of benzene rings is 1. The van der Waals surface area contributed by atoms with Gasteiger partial charge in [0.25, 0.3) is 0 Å². The number of ether oxygens (including phenoxy) is 1. The summed E-state index contributed by atoms with van der Waals surface area (Å²) in [7, 11) is 0. The predicted octanol–water partition coefficient (Wildman–Crippen LogP) is 3.87. The van der Waals surface area contributed by atoms with E-state index in [0.29, 0.717) is 5.92 Å². The van der Waals surface area contributed by atoms with E-state index >= 15 is 0 Å². The molecule has 19 heavy (non-hydrogen) atoms. The van der Waals surface area contributed by atoms with Gasteiger partial charge in [-0.05, 0) is 43.7 Å². The highest BCUT2D eigenvalue weighted by Gasteiger charge is 2.26. The first-order valence-electron chi connectivity index (χ1n) is 6.81. The maximum Gasteiger partial charge on any atom is 0.339 e. The maximum atomic E-state index is 13.3. The number of halogens is 1. The largest absolute Gasteiger partial charge is 0.489 e. The molecule has 0 bridgehead atoms. The van der Waals surface area contributed by atoms with Crippen LogP contribution in [0.3, 0.4) is 0 Å². The standard InChI is InChI=1S/C15H19FO3/c1-2-10-5-3-4-6-13(10)19-14-9-11(16)7-8-12(14)15(17)18/h7-10,13H,2-6H2,1H3,(H,17,18). The molecule has 4 heteroatoms. The Morgan fingerprint density at radius 2 is 2.16 bits per heavy atom. The Morgan fingerprint density at radius 3 is 2.84 bits per heavy atom. The Hall–Kier alpha value is -1.58. The summed E-state index contributed by atoms with van der Waals surface area (Å²) in [5.41, 5.74) is 0.0295. The minimum absolute atomic E-state index is 0.00125. The number of carboxylic acid groups (broad SMARTS) is 1. The van der Waals surface area contributed by atoms with Crippen LogP contribution in [0.4, 0.5) is 4.39 Å². The van der Waals surface area contributed by atoms with Crippen LogP contribution in [-0.4, -0.2) is 17.2 Å². The lowest BCUT2D eigenvalue weighted by atomic mass is 9.84. The lowest BCUT2D eigenvalue weighted by Crippen LogP contribution is -2.30. The van der Waals surface area contributed by atoms with Crippen LogP contribution < -0.4 is 4.74 Å². The van der Waals surface area contributed by atoms with Gasteiger partial charge in [-0.3, -0.25) is 0 Å². The fourth-order valence-electron chi connectivity index (χ4n) is 2.73. The Kier molecular flexibility index (Phi) is 4.40. The summed E-state index contributed by atoms with van der Waals surface area (Å²) in [4.78, 5) is 11.1. The molecule has 0 spiro atoms. The second kappa shape index (κ2) is 6.04. The molecule has 2 rings (SSSR count). The van der Waals surface area contributed by atoms with Crippen LogP contribution in [0.2, 0.25) is 0 Å². The van der Waals surface area contributed by atoms with Crippen LogP contribution in [0.15, 0.2) is 18.2 Å². The van der Waals surface area contributed by atoms with Gasteiger partial charge in [-0.2, -0.15) is 0 Å². The van der Waals surface area contributed by atoms with E-state index in [0.717, 1.165) is 31.7 Å². The van der Waals surface area contributed by atoms with Crippen molar-refractivity contribution in [2.75, 3.05) is 0 Å². The molecule has 0 aliphatic heterocycles. The SMILES string of the molecule is CCC1CCCCC1Oc1cc(F)ccc1C(=O)O. The molecule has 2 atom stereocenters. The average Bonchev–Trinajstić information content (AvgIpc) is 2.39. The molecule has 2 unspecified atom stereocenters. The molecule has 0 radical (unpaired) electrons. The highest BCUT2D eigenvalue weighted by molar-refractivity contribution is 5.90. The number of carboxylic acids is 1. The summed E-state index contributed by atoms with van der Waals surface area (Å²) in [5.74, 6) is -0.973. The molecule has 1 aromatic rings. The van der Waals surface area contributed by atoms with E-state index in [9.17, 15) is 9.18 Å². The first-order chi connectivity index (χ1) is 9.11. The highest BCUT2D eigenvalue weighted by Crippen LogP contribution is 2.32. The van der Waals surface area contributed by atoms with Gasteiger partial charge in [0.1, 0.15) is 23.2 Å². The minimum atomic E-state index is -1.08. The average molecular weight is 266 g/mol. The van der Waals surface area contributed by atoms with Crippen molar-refractivity contribution >= 4 is 5.97 Å². The van der Waals surface area contributed by atoms with Gasteiger partial charge in [0.05, 0.1) is 0 Å². The summed E-state index contributed by atoms with van der Waals surface area (Å²) >= 11 is 0. The number of rotatable bonds is 4. The molecule has 1 aliphatic carbocycles. The van der Waals surface area contributed by atoms with Gasteiger partial charge in [-0.15, -0.1) is 0 Å². The lowest BCUT2D eigenvalue weighted by Gasteiger charge is -2.31. The Bertz CT molecular complexity index is 459. The summed E-state index contributed by atoms with van der Waals surface area (Å²) in [6.07, 6.45) is 5.28. The van der Waals surface area contributed by atoms with Crippen LogP contribution in [-0.2, 0) is 0 Å². The number of aromatic carboxylic acids is 1. The van der Waals surface area contributed by atoms with Gasteiger partial charge in [-0.25, -0.2) is 9.18 Å². The fourth-order valence-corrected chi connectivity index (χ4v) is 2.73. The zero-order valence-corrected chi connectivity index (χ0v) is 11.1. The van der Waals surface area contributed by atoms with E-state index in [1.54, 1.807) is 0 Å². The maximum absolute atomic E-state index is 13.3. The zero-order chi connectivity index (χ0) is 13.8. The van der Waals surface area contributed by atoms with Crippen LogP contribution in [0, 0.1) is 11.7 Å². The third-order valence-corrected chi connectivity index (χ3v) is 3.82. The van der Waals surface area contributed by atoms with Gasteiger partial charge in [-0.1, -0.05) is 13.3 Å². The first-order valence-corrected chi connectivity index (χ1v) is 6.81. The lowest BCUT2D eigenvalue weighted by molar-refractivity contribution is 0.0663. The van der Waals surface area contributed by atoms with Crippen molar-refractivity contribution in [1.82, 2.24) is 0 Å². The first kappa shape index (κ1) is 13.8. The molecular weight excluding hydrogens is 247 g/mol. The van der Waals surface area contributed by atoms with E-state index < -0.39 is 11.8 Å². The third-order valence-electron chi connectivity index (χ3n) is 3.82. The van der Waals surface area contributed by atoms with E-state index in [-0.39, 0.29) is 17.4 Å². The minimum Gasteiger partial charge on any atom is -0.489 e. The monoisotopic (exact) mass is 266 g/mol. The van der Waals surface area contributed by atoms with Crippen molar-refractivity contribution in [1.29, 1.82) is 0 Å². The summed E-state index contributed by atoms with van der Waals surface area (Å²) in [5, 5.41) is 9.11. The van der Waals surface area contributed by atoms with Crippen LogP contribution in [0.1, 0.15) is 49.4 Å². The summed E-state index contributed by atoms with van der Waals surface area (Å²) in [6.45, 7) is 2.11. The second-order valence-electron chi connectivity index (χ2n) is 5.05. The Labute approximate surface area is 112 Å². The molecule has 1 aromatic carbocycles. The smallest absolute Gasteiger partial charge is 0.339 e. The molecule has 3 nitrogen and oxygen atoms in total. The number of hydrogen-bond donors (Lipinski definition) is 1. The van der Waals surface area contributed by atoms with E-state index in [1.807, 2.05) is 0 Å². The molecule has 0 heterocycles. The van der Waals surface area contributed by atoms with Crippen LogP contribution in [0.25, 0.3) is 0 Å². The predicted molar refractivity (Wildman–Crippen MR) is 70.0 cm³/mol. The van der Waals surface area contributed by atoms with Crippen molar-refractivity contribution in [2.24, 2.45) is 5.92 Å². The van der Waals surface area contributed by atoms with Crippen LogP contribution in [0.5, 0.6) is 5.75 Å². The quantitative estimate of drug-likeness (QED) is 0.899. The van der Waals surface area contributed by atoms with Crippen molar-refractivity contribution < 1.29 is 19.0 Å². The molecule has 1 fully saturated rings. The molecule has 1 N–H and O–H groups in total. The van der Waals surface area contributed by atoms with Crippen molar-refractivity contribution in [3.63, 3.8) is 0 Å². The van der Waals surface area contributed by atoms with E-state index in [1.165, 1.54) is 18.6 Å². The normalized spacial score (nSPS) is 23.1. The summed E-state index contributed by atoms with van der Waals surface area (Å²) < 4.78 is 19.1. The van der Waals surface area contributed by atoms with Crippen molar-refractivity contribution in [2.45, 2.75) is 45.1 Å². The molecule has 0 amide bonds. The number of carbonyl (C=O) groups is 1. The second-order valence-corrected chi connectivity index (χ2v) is 5.05. The third kappa shape index (κ3) is 3.25. The van der Waals surface area contributed by atoms with Gasteiger partial charge in [0.15, 0.2) is 0 Å². The van der Waals surface area contributed by atoms with E-state index in [2.05, 4.69) is 6.92 Å². The van der Waals surface area contributed by atoms with Gasteiger partial charge >= 0.3 is 5.97 Å². The molecule has 0 saturated heterocycles. The van der Waals surface area contributed by atoms with Crippen molar-refractivity contribution in [3.05, 3.63) is 29.6 Å². The van der Waals surface area contributed by atoms with Gasteiger partial charge in [0.2, 0.25) is 0 Å². The molecule has 1 saturated carbocycles. The molecule has 1 aliphatic rings. The van der Waals surface area contributed by atoms with Crippen LogP contribution >= 0.6 is 0 Å². The molecule has 104 valence electrons. The number of hydrogen-bond acceptors (Lipinski definition) is 2. The van der Waals surface area contributed by atoms with Gasteiger partial charge < -0.3 is 9.84 Å². The Balaban J connectivity index is 2.21. The Morgan fingerprint density at radius 1 is 1.42 bits per heavy atom. The summed E-state index contributed by atoms with van der Waals surface area (Å²) in [6, 6.07) is 3.58. The molecular formula is C15H19FO3. The molecule has 0 aromatic heterocycles. The van der Waals surface area contributed by atoms with Gasteiger partial charge in [0, 0.05) is 6.07 Å². The zero-order valence-electron chi connectivity index (χ0n) is 11.1. The van der Waals surface area contributed by atoms with Crippen molar-refractivity contribution in [3.8, 4) is 5.75 Å². The topological polar surface area (TPSA) is 46.5 Å².